The Bertz CT molecular complexity index is 1050. The molecule has 0 spiro atoms. The number of aromatic nitrogens is 2. The Balaban J connectivity index is 1.61. The number of ether oxygens (including phenoxy) is 1. The van der Waals surface area contributed by atoms with Gasteiger partial charge < -0.3 is 19.5 Å². The van der Waals surface area contributed by atoms with E-state index in [1.165, 1.54) is 6.92 Å². The molecule has 2 aliphatic rings. The molecule has 2 amide bonds. The molecule has 1 aromatic carbocycles. The van der Waals surface area contributed by atoms with E-state index in [-0.39, 0.29) is 29.8 Å². The van der Waals surface area contributed by atoms with Crippen LogP contribution >= 0.6 is 0 Å². The molecule has 164 valence electrons. The second-order valence-corrected chi connectivity index (χ2v) is 8.15. The summed E-state index contributed by atoms with van der Waals surface area (Å²) in [6.07, 6.45) is 3.35. The maximum Gasteiger partial charge on any atom is 0.254 e. The molecule has 0 unspecified atom stereocenters. The summed E-state index contributed by atoms with van der Waals surface area (Å²) >= 11 is 0. The van der Waals surface area contributed by atoms with E-state index in [0.29, 0.717) is 48.9 Å². The highest BCUT2D eigenvalue weighted by atomic mass is 16.5. The maximum absolute atomic E-state index is 13.2. The van der Waals surface area contributed by atoms with Gasteiger partial charge in [0, 0.05) is 31.1 Å². The molecule has 0 saturated carbocycles. The van der Waals surface area contributed by atoms with Crippen molar-refractivity contribution in [3.8, 4) is 5.75 Å². The molecule has 1 saturated heterocycles. The first-order valence-electron chi connectivity index (χ1n) is 10.8. The number of rotatable bonds is 4. The molecule has 1 fully saturated rings. The van der Waals surface area contributed by atoms with E-state index in [0.717, 1.165) is 24.8 Å². The third kappa shape index (κ3) is 4.33. The third-order valence-electron chi connectivity index (χ3n) is 6.21. The van der Waals surface area contributed by atoms with E-state index >= 15 is 0 Å². The van der Waals surface area contributed by atoms with Crippen LogP contribution in [0.3, 0.4) is 0 Å². The van der Waals surface area contributed by atoms with E-state index in [1.54, 1.807) is 12.0 Å². The van der Waals surface area contributed by atoms with Crippen molar-refractivity contribution >= 4 is 11.8 Å². The highest BCUT2D eigenvalue weighted by Crippen LogP contribution is 2.30. The lowest BCUT2D eigenvalue weighted by atomic mass is 9.99. The van der Waals surface area contributed by atoms with Gasteiger partial charge in [0.15, 0.2) is 0 Å². The van der Waals surface area contributed by atoms with Crippen LogP contribution in [0.15, 0.2) is 29.1 Å². The molecule has 8 nitrogen and oxygen atoms in total. The summed E-state index contributed by atoms with van der Waals surface area (Å²) in [4.78, 5) is 49.0. The standard InChI is InChI=1S/C23H28N4O4/c1-15(28)26-12-10-17-18(14-26)24-22(25-23(17)30)19-8-5-6-11-27(19)21(29)13-16-7-3-4-9-20(16)31-2/h3-4,7,9,19H,5-6,8,10-14H2,1-2H3,(H,24,25,30)/t19-/m1/s1. The minimum Gasteiger partial charge on any atom is -0.496 e. The molecule has 31 heavy (non-hydrogen) atoms. The van der Waals surface area contributed by atoms with Gasteiger partial charge in [-0.1, -0.05) is 18.2 Å². The van der Waals surface area contributed by atoms with Gasteiger partial charge in [-0.15, -0.1) is 0 Å². The summed E-state index contributed by atoms with van der Waals surface area (Å²) in [5.74, 6) is 1.16. The van der Waals surface area contributed by atoms with Crippen LogP contribution in [0.4, 0.5) is 0 Å². The minimum atomic E-state index is -0.276. The molecule has 1 atom stereocenters. The Kier molecular flexibility index (Phi) is 6.06. The molecular formula is C23H28N4O4. The number of fused-ring (bicyclic) bond motifs is 1. The molecule has 1 N–H and O–H groups in total. The SMILES string of the molecule is COc1ccccc1CC(=O)N1CCCC[C@@H]1c1nc2c(c(=O)[nH]1)CCN(C(C)=O)C2. The number of piperidine rings is 1. The molecule has 0 aliphatic carbocycles. The van der Waals surface area contributed by atoms with Crippen LogP contribution in [-0.4, -0.2) is 51.8 Å². The van der Waals surface area contributed by atoms with Gasteiger partial charge in [-0.05, 0) is 31.7 Å². The van der Waals surface area contributed by atoms with Crippen molar-refractivity contribution in [3.63, 3.8) is 0 Å². The number of H-pyrrole nitrogens is 1. The average molecular weight is 425 g/mol. The summed E-state index contributed by atoms with van der Waals surface area (Å²) in [6.45, 7) is 3.01. The van der Waals surface area contributed by atoms with Crippen molar-refractivity contribution < 1.29 is 14.3 Å². The highest BCUT2D eigenvalue weighted by Gasteiger charge is 2.32. The van der Waals surface area contributed by atoms with E-state index in [1.807, 2.05) is 29.2 Å². The minimum absolute atomic E-state index is 0.0140. The van der Waals surface area contributed by atoms with Gasteiger partial charge in [-0.2, -0.15) is 0 Å². The van der Waals surface area contributed by atoms with Crippen LogP contribution in [0.1, 0.15) is 54.9 Å². The van der Waals surface area contributed by atoms with Crippen molar-refractivity contribution in [2.24, 2.45) is 0 Å². The number of likely N-dealkylation sites (tertiary alicyclic amines) is 1. The van der Waals surface area contributed by atoms with Gasteiger partial charge in [-0.3, -0.25) is 14.4 Å². The second-order valence-electron chi connectivity index (χ2n) is 8.15. The number of carbonyl (C=O) groups excluding carboxylic acids is 2. The zero-order chi connectivity index (χ0) is 22.0. The van der Waals surface area contributed by atoms with Crippen LogP contribution in [-0.2, 0) is 29.0 Å². The van der Waals surface area contributed by atoms with E-state index in [4.69, 9.17) is 9.72 Å². The first-order chi connectivity index (χ1) is 15.0. The summed E-state index contributed by atoms with van der Waals surface area (Å²) in [7, 11) is 1.60. The van der Waals surface area contributed by atoms with Gasteiger partial charge >= 0.3 is 0 Å². The van der Waals surface area contributed by atoms with Crippen LogP contribution < -0.4 is 10.3 Å². The average Bonchev–Trinajstić information content (AvgIpc) is 2.79. The fourth-order valence-corrected chi connectivity index (χ4v) is 4.51. The summed E-state index contributed by atoms with van der Waals surface area (Å²) in [6, 6.07) is 7.23. The second kappa shape index (κ2) is 8.91. The van der Waals surface area contributed by atoms with Crippen molar-refractivity contribution in [1.29, 1.82) is 0 Å². The predicted molar refractivity (Wildman–Crippen MR) is 115 cm³/mol. The zero-order valence-corrected chi connectivity index (χ0v) is 18.0. The monoisotopic (exact) mass is 424 g/mol. The maximum atomic E-state index is 13.2. The lowest BCUT2D eigenvalue weighted by Crippen LogP contribution is -2.42. The number of hydrogen-bond donors (Lipinski definition) is 1. The number of carbonyl (C=O) groups is 2. The Hall–Kier alpha value is -3.16. The number of methoxy groups -OCH3 is 1. The molecule has 0 radical (unpaired) electrons. The number of amides is 2. The molecule has 1 aromatic heterocycles. The van der Waals surface area contributed by atoms with E-state index < -0.39 is 0 Å². The lowest BCUT2D eigenvalue weighted by Gasteiger charge is -2.36. The number of nitrogens with zero attached hydrogens (tertiary/aromatic N) is 3. The van der Waals surface area contributed by atoms with Gasteiger partial charge in [-0.25, -0.2) is 4.98 Å². The van der Waals surface area contributed by atoms with Gasteiger partial charge in [0.05, 0.1) is 31.8 Å². The summed E-state index contributed by atoms with van der Waals surface area (Å²) in [5.41, 5.74) is 1.96. The molecule has 0 bridgehead atoms. The largest absolute Gasteiger partial charge is 0.496 e. The summed E-state index contributed by atoms with van der Waals surface area (Å²) < 4.78 is 5.39. The van der Waals surface area contributed by atoms with Gasteiger partial charge in [0.25, 0.3) is 5.56 Å². The van der Waals surface area contributed by atoms with Crippen LogP contribution in [0.25, 0.3) is 0 Å². The highest BCUT2D eigenvalue weighted by molar-refractivity contribution is 5.80. The Morgan fingerprint density at radius 1 is 1.23 bits per heavy atom. The Morgan fingerprint density at radius 3 is 2.81 bits per heavy atom. The predicted octanol–water partition coefficient (Wildman–Crippen LogP) is 1.98. The van der Waals surface area contributed by atoms with Crippen molar-refractivity contribution in [2.75, 3.05) is 20.2 Å². The van der Waals surface area contributed by atoms with Gasteiger partial charge in [0.1, 0.15) is 11.6 Å². The normalized spacial score (nSPS) is 18.5. The molecule has 8 heteroatoms. The Labute approximate surface area is 181 Å². The number of aromatic amines is 1. The van der Waals surface area contributed by atoms with Crippen molar-refractivity contribution in [3.05, 3.63) is 57.3 Å². The first kappa shape index (κ1) is 21.1. The number of nitrogens with one attached hydrogen (secondary N) is 1. The molecule has 4 rings (SSSR count). The van der Waals surface area contributed by atoms with E-state index in [9.17, 15) is 14.4 Å². The van der Waals surface area contributed by atoms with Crippen molar-refractivity contribution in [2.45, 2.75) is 51.6 Å². The van der Waals surface area contributed by atoms with Gasteiger partial charge in [0.2, 0.25) is 11.8 Å². The molecular weight excluding hydrogens is 396 g/mol. The van der Waals surface area contributed by atoms with Crippen LogP contribution in [0.5, 0.6) is 5.75 Å². The Morgan fingerprint density at radius 2 is 2.03 bits per heavy atom. The third-order valence-corrected chi connectivity index (χ3v) is 6.21. The summed E-state index contributed by atoms with van der Waals surface area (Å²) in [5, 5.41) is 0. The van der Waals surface area contributed by atoms with Crippen molar-refractivity contribution in [1.82, 2.24) is 19.8 Å². The molecule has 2 aliphatic heterocycles. The topological polar surface area (TPSA) is 95.6 Å². The fraction of sp³-hybridized carbons (Fsp3) is 0.478. The quantitative estimate of drug-likeness (QED) is 0.810. The first-order valence-corrected chi connectivity index (χ1v) is 10.8. The number of benzene rings is 1. The van der Waals surface area contributed by atoms with E-state index in [2.05, 4.69) is 4.98 Å². The lowest BCUT2D eigenvalue weighted by molar-refractivity contribution is -0.134. The molecule has 2 aromatic rings. The number of para-hydroxylation sites is 1. The zero-order valence-electron chi connectivity index (χ0n) is 18.0. The molecule has 3 heterocycles. The van der Waals surface area contributed by atoms with Crippen LogP contribution in [0, 0.1) is 0 Å². The number of hydrogen-bond acceptors (Lipinski definition) is 5. The smallest absolute Gasteiger partial charge is 0.254 e. The fourth-order valence-electron chi connectivity index (χ4n) is 4.51. The van der Waals surface area contributed by atoms with Crippen LogP contribution in [0.2, 0.25) is 0 Å².